The van der Waals surface area contributed by atoms with E-state index in [1.807, 2.05) is 0 Å². The van der Waals surface area contributed by atoms with E-state index >= 15 is 0 Å². The van der Waals surface area contributed by atoms with Crippen LogP contribution in [0.15, 0.2) is 5.10 Å². The van der Waals surface area contributed by atoms with Crippen molar-refractivity contribution < 1.29 is 8.42 Å². The van der Waals surface area contributed by atoms with Gasteiger partial charge in [-0.1, -0.05) is 0 Å². The second kappa shape index (κ2) is 3.20. The van der Waals surface area contributed by atoms with Gasteiger partial charge in [-0.2, -0.15) is 13.5 Å². The molecule has 0 saturated carbocycles. The summed E-state index contributed by atoms with van der Waals surface area (Å²) in [6, 6.07) is 0. The van der Waals surface area contributed by atoms with Crippen LogP contribution >= 0.6 is 0 Å². The zero-order chi connectivity index (χ0) is 6.57. The monoisotopic (exact) mass is 134 g/mol. The van der Waals surface area contributed by atoms with Crippen molar-refractivity contribution >= 4 is 21.4 Å². The highest BCUT2D eigenvalue weighted by atomic mass is 32.2. The Hall–Kier alpha value is -0.840. The van der Waals surface area contributed by atoms with Crippen LogP contribution in [0.1, 0.15) is 6.92 Å². The third-order valence-electron chi connectivity index (χ3n) is 0.470. The Balaban J connectivity index is 4.35. The lowest BCUT2D eigenvalue weighted by Gasteiger charge is -1.76. The van der Waals surface area contributed by atoms with Crippen LogP contribution in [-0.2, 0) is 10.3 Å². The van der Waals surface area contributed by atoms with Crippen LogP contribution in [0.4, 0.5) is 0 Å². The molecule has 0 spiro atoms. The predicted octanol–water partition coefficient (Wildman–Crippen LogP) is -0.998. The molecule has 0 aromatic rings. The quantitative estimate of drug-likeness (QED) is 0.216. The molecule has 0 atom stereocenters. The molecule has 0 amide bonds. The van der Waals surface area contributed by atoms with E-state index < -0.39 is 10.3 Å². The lowest BCUT2D eigenvalue weighted by molar-refractivity contribution is 0.627. The summed E-state index contributed by atoms with van der Waals surface area (Å²) in [6.07, 6.45) is 0. The van der Waals surface area contributed by atoms with Gasteiger partial charge in [-0.25, -0.2) is 0 Å². The maximum Gasteiger partial charge on any atom is 0.215 e. The van der Waals surface area contributed by atoms with Crippen LogP contribution in [0.25, 0.3) is 0 Å². The van der Waals surface area contributed by atoms with E-state index in [2.05, 4.69) is 5.10 Å². The zero-order valence-corrected chi connectivity index (χ0v) is 5.14. The average molecular weight is 134 g/mol. The number of nitrogens with two attached hydrogens (primary N) is 1. The molecule has 4 nitrogen and oxygen atoms in total. The van der Waals surface area contributed by atoms with Gasteiger partial charge in [0.2, 0.25) is 10.3 Å². The van der Waals surface area contributed by atoms with Crippen molar-refractivity contribution in [3.05, 3.63) is 0 Å². The van der Waals surface area contributed by atoms with Gasteiger partial charge in [0, 0.05) is 0 Å². The van der Waals surface area contributed by atoms with E-state index in [9.17, 15) is 8.42 Å². The Kier molecular flexibility index (Phi) is 2.86. The molecule has 0 aromatic heterocycles. The summed E-state index contributed by atoms with van der Waals surface area (Å²) in [5.41, 5.74) is 0.290. The minimum Gasteiger partial charge on any atom is -0.323 e. The first-order valence-corrected chi connectivity index (χ1v) is 2.98. The van der Waals surface area contributed by atoms with E-state index in [0.717, 1.165) is 5.37 Å². The fourth-order valence-corrected chi connectivity index (χ4v) is 0.509. The second-order valence-corrected chi connectivity index (χ2v) is 1.91. The molecule has 0 saturated heterocycles. The van der Waals surface area contributed by atoms with Crippen molar-refractivity contribution in [2.24, 2.45) is 10.9 Å². The van der Waals surface area contributed by atoms with E-state index in [1.54, 1.807) is 0 Å². The molecule has 2 N–H and O–H groups in total. The van der Waals surface area contributed by atoms with Crippen LogP contribution < -0.4 is 5.84 Å². The van der Waals surface area contributed by atoms with Crippen LogP contribution in [-0.4, -0.2) is 19.5 Å². The van der Waals surface area contributed by atoms with Crippen LogP contribution in [0.3, 0.4) is 0 Å². The Labute approximate surface area is 48.5 Å². The molecular formula is C3H6N2O2S. The topological polar surface area (TPSA) is 72.5 Å². The summed E-state index contributed by atoms with van der Waals surface area (Å²) in [4.78, 5) is 0. The molecule has 0 unspecified atom stereocenters. The SMILES string of the molecule is CC(C=S(=O)=O)=NN. The first kappa shape index (κ1) is 7.16. The number of hydrogen-bond acceptors (Lipinski definition) is 4. The average Bonchev–Trinajstić information content (AvgIpc) is 1.65. The Morgan fingerprint density at radius 2 is 2.25 bits per heavy atom. The van der Waals surface area contributed by atoms with Gasteiger partial charge in [0.1, 0.15) is 0 Å². The van der Waals surface area contributed by atoms with Gasteiger partial charge in [0.15, 0.2) is 0 Å². The zero-order valence-electron chi connectivity index (χ0n) is 4.33. The number of nitrogens with zero attached hydrogens (tertiary/aromatic N) is 1. The maximum absolute atomic E-state index is 9.78. The van der Waals surface area contributed by atoms with Crippen molar-refractivity contribution in [2.45, 2.75) is 6.92 Å². The standard InChI is InChI=1S/C3H6N2O2S/c1-3(5-4)2-8(6)7/h2H,4H2,1H3. The third kappa shape index (κ3) is 3.35. The molecule has 0 heterocycles. The minimum absolute atomic E-state index is 0.290. The highest BCUT2D eigenvalue weighted by Crippen LogP contribution is 1.60. The maximum atomic E-state index is 9.78. The first-order valence-electron chi connectivity index (χ1n) is 1.84. The van der Waals surface area contributed by atoms with Crippen molar-refractivity contribution in [3.8, 4) is 0 Å². The van der Waals surface area contributed by atoms with E-state index in [-0.39, 0.29) is 0 Å². The van der Waals surface area contributed by atoms with E-state index in [4.69, 9.17) is 5.84 Å². The molecule has 0 aliphatic carbocycles. The van der Waals surface area contributed by atoms with Gasteiger partial charge < -0.3 is 5.84 Å². The summed E-state index contributed by atoms with van der Waals surface area (Å²) >= 11 is 0. The van der Waals surface area contributed by atoms with Crippen molar-refractivity contribution in [3.63, 3.8) is 0 Å². The van der Waals surface area contributed by atoms with Gasteiger partial charge in [-0.15, -0.1) is 0 Å². The lowest BCUT2D eigenvalue weighted by atomic mass is 10.5. The van der Waals surface area contributed by atoms with Crippen molar-refractivity contribution in [2.75, 3.05) is 0 Å². The molecule has 0 radical (unpaired) electrons. The van der Waals surface area contributed by atoms with Crippen LogP contribution in [0.2, 0.25) is 0 Å². The molecule has 8 heavy (non-hydrogen) atoms. The molecule has 46 valence electrons. The number of rotatable bonds is 1. The summed E-state index contributed by atoms with van der Waals surface area (Å²) < 4.78 is 19.6. The molecule has 0 aliphatic heterocycles. The van der Waals surface area contributed by atoms with Crippen LogP contribution in [0.5, 0.6) is 0 Å². The normalized spacial score (nSPS) is 10.9. The molecule has 0 bridgehead atoms. The Morgan fingerprint density at radius 3 is 2.38 bits per heavy atom. The summed E-state index contributed by atoms with van der Waals surface area (Å²) in [5, 5.41) is 4.03. The summed E-state index contributed by atoms with van der Waals surface area (Å²) in [5.74, 6) is 4.70. The fourth-order valence-electron chi connectivity index (χ4n) is 0.170. The van der Waals surface area contributed by atoms with E-state index in [1.165, 1.54) is 6.92 Å². The molecule has 0 aromatic carbocycles. The first-order chi connectivity index (χ1) is 3.66. The van der Waals surface area contributed by atoms with Gasteiger partial charge in [0.25, 0.3) is 0 Å². The highest BCUT2D eigenvalue weighted by Gasteiger charge is 1.78. The van der Waals surface area contributed by atoms with Crippen molar-refractivity contribution in [1.29, 1.82) is 0 Å². The molecule has 5 heteroatoms. The molecule has 0 fully saturated rings. The molecule has 0 rings (SSSR count). The summed E-state index contributed by atoms with van der Waals surface area (Å²) in [7, 11) is -2.18. The van der Waals surface area contributed by atoms with E-state index in [0.29, 0.717) is 5.71 Å². The second-order valence-electron chi connectivity index (χ2n) is 1.15. The Morgan fingerprint density at radius 1 is 1.75 bits per heavy atom. The number of hydrazone groups is 1. The molecular weight excluding hydrogens is 128 g/mol. The van der Waals surface area contributed by atoms with Gasteiger partial charge >= 0.3 is 0 Å². The lowest BCUT2D eigenvalue weighted by Crippen LogP contribution is -1.97. The smallest absolute Gasteiger partial charge is 0.215 e. The number of hydrogen-bond donors (Lipinski definition) is 1. The Bertz CT molecular complexity index is 205. The molecule has 0 aliphatic rings. The van der Waals surface area contributed by atoms with Crippen molar-refractivity contribution in [1.82, 2.24) is 0 Å². The minimum atomic E-state index is -2.18. The van der Waals surface area contributed by atoms with Gasteiger partial charge in [-0.3, -0.25) is 0 Å². The third-order valence-corrected chi connectivity index (χ3v) is 1.00. The highest BCUT2D eigenvalue weighted by molar-refractivity contribution is 7.73. The van der Waals surface area contributed by atoms with Gasteiger partial charge in [0.05, 0.1) is 11.1 Å². The van der Waals surface area contributed by atoms with Crippen LogP contribution in [0, 0.1) is 0 Å². The summed E-state index contributed by atoms with van der Waals surface area (Å²) in [6.45, 7) is 1.50. The largest absolute Gasteiger partial charge is 0.323 e. The predicted molar refractivity (Wildman–Crippen MR) is 32.3 cm³/mol. The fraction of sp³-hybridized carbons (Fsp3) is 0.333. The van der Waals surface area contributed by atoms with Gasteiger partial charge in [-0.05, 0) is 6.92 Å².